The van der Waals surface area contributed by atoms with Gasteiger partial charge in [-0.3, -0.25) is 9.59 Å². The lowest BCUT2D eigenvalue weighted by molar-refractivity contribution is -0.134. The number of aromatic nitrogens is 1. The maximum absolute atomic E-state index is 13.1. The van der Waals surface area contributed by atoms with Gasteiger partial charge < -0.3 is 29.9 Å². The lowest BCUT2D eigenvalue weighted by atomic mass is 10.2. The van der Waals surface area contributed by atoms with Crippen LogP contribution in [-0.4, -0.2) is 90.7 Å². The minimum absolute atomic E-state index is 0.0694. The molecule has 1 aromatic heterocycles. The molecule has 0 aromatic carbocycles. The van der Waals surface area contributed by atoms with E-state index in [9.17, 15) is 14.4 Å². The van der Waals surface area contributed by atoms with Gasteiger partial charge in [0.25, 0.3) is 5.91 Å². The highest BCUT2D eigenvalue weighted by molar-refractivity contribution is 7.13. The van der Waals surface area contributed by atoms with Crippen LogP contribution in [0.2, 0.25) is 0 Å². The molecular weight excluding hydrogens is 422 g/mol. The number of nitrogens with zero attached hydrogens (tertiary/aromatic N) is 3. The molecule has 0 unspecified atom stereocenters. The lowest BCUT2D eigenvalue weighted by Crippen LogP contribution is -2.57. The summed E-state index contributed by atoms with van der Waals surface area (Å²) >= 11 is 1.27. The molecule has 2 N–H and O–H groups in total. The van der Waals surface area contributed by atoms with E-state index in [-0.39, 0.29) is 12.5 Å². The monoisotopic (exact) mass is 453 g/mol. The zero-order valence-corrected chi connectivity index (χ0v) is 19.3. The lowest BCUT2D eigenvalue weighted by Gasteiger charge is -2.34. The number of ether oxygens (including phenoxy) is 2. The fourth-order valence-corrected chi connectivity index (χ4v) is 4.24. The second-order valence-corrected chi connectivity index (χ2v) is 9.81. The van der Waals surface area contributed by atoms with E-state index in [1.807, 2.05) is 7.05 Å². The summed E-state index contributed by atoms with van der Waals surface area (Å²) in [4.78, 5) is 47.3. The van der Waals surface area contributed by atoms with Crippen LogP contribution in [0.5, 0.6) is 0 Å². The molecule has 1 saturated heterocycles. The second kappa shape index (κ2) is 9.92. The molecule has 0 bridgehead atoms. The van der Waals surface area contributed by atoms with Crippen molar-refractivity contribution in [3.63, 3.8) is 0 Å². The molecule has 3 heterocycles. The average Bonchev–Trinajstić information content (AvgIpc) is 3.14. The molecule has 0 radical (unpaired) electrons. The van der Waals surface area contributed by atoms with Gasteiger partial charge in [0.15, 0.2) is 5.01 Å². The Morgan fingerprint density at radius 1 is 1.23 bits per heavy atom. The molecular formula is C20H31N5O5S. The normalized spacial score (nSPS) is 18.1. The van der Waals surface area contributed by atoms with Gasteiger partial charge in [-0.2, -0.15) is 0 Å². The Balaban J connectivity index is 1.68. The minimum atomic E-state index is -0.916. The topological polar surface area (TPSA) is 113 Å². The summed E-state index contributed by atoms with van der Waals surface area (Å²) in [6.45, 7) is 8.88. The van der Waals surface area contributed by atoms with Crippen molar-refractivity contribution in [2.75, 3.05) is 46.4 Å². The molecule has 10 nitrogen and oxygen atoms in total. The number of rotatable bonds is 5. The van der Waals surface area contributed by atoms with E-state index in [1.165, 1.54) is 11.3 Å². The van der Waals surface area contributed by atoms with E-state index in [0.717, 1.165) is 23.7 Å². The Hall–Kier alpha value is -2.24. The summed E-state index contributed by atoms with van der Waals surface area (Å²) in [5.74, 6) is -0.667. The van der Waals surface area contributed by atoms with E-state index in [2.05, 4.69) is 20.5 Å². The second-order valence-electron chi connectivity index (χ2n) is 8.73. The number of likely N-dealkylation sites (N-methyl/N-ethyl adjacent to an activating group) is 1. The zero-order valence-electron chi connectivity index (χ0n) is 18.5. The number of thiazole rings is 1. The van der Waals surface area contributed by atoms with Crippen molar-refractivity contribution in [3.05, 3.63) is 15.6 Å². The highest BCUT2D eigenvalue weighted by atomic mass is 32.1. The molecule has 1 atom stereocenters. The van der Waals surface area contributed by atoms with Crippen LogP contribution in [0.15, 0.2) is 0 Å². The van der Waals surface area contributed by atoms with E-state index >= 15 is 0 Å². The number of amides is 3. The Bertz CT molecular complexity index is 790. The van der Waals surface area contributed by atoms with Gasteiger partial charge in [-0.1, -0.05) is 0 Å². The zero-order chi connectivity index (χ0) is 22.6. The van der Waals surface area contributed by atoms with E-state index < -0.39 is 23.6 Å². The molecule has 1 fully saturated rings. The maximum Gasteiger partial charge on any atom is 0.407 e. The molecule has 1 aromatic rings. The summed E-state index contributed by atoms with van der Waals surface area (Å²) in [6.07, 6.45) is 0.0305. The van der Waals surface area contributed by atoms with Gasteiger partial charge in [-0.15, -0.1) is 11.3 Å². The standard InChI is InChI=1S/C20H31N5O5S/c1-20(2,3)30-19(28)21-11-14(18(27)25-8-6-24(4)7-9-25)22-16(26)17-23-13-5-10-29-12-15(13)31-17/h14H,5-12H2,1-4H3,(H,21,28)(H,22,26)/t14-/m0/s1. The molecule has 11 heteroatoms. The van der Waals surface area contributed by atoms with Crippen molar-refractivity contribution >= 4 is 29.2 Å². The average molecular weight is 454 g/mol. The van der Waals surface area contributed by atoms with Gasteiger partial charge in [0.2, 0.25) is 5.91 Å². The van der Waals surface area contributed by atoms with Crippen LogP contribution in [0.4, 0.5) is 4.79 Å². The van der Waals surface area contributed by atoms with Crippen molar-refractivity contribution in [1.29, 1.82) is 0 Å². The smallest absolute Gasteiger partial charge is 0.407 e. The summed E-state index contributed by atoms with van der Waals surface area (Å²) in [6, 6.07) is -0.916. The van der Waals surface area contributed by atoms with Crippen molar-refractivity contribution in [3.8, 4) is 0 Å². The molecule has 0 aliphatic carbocycles. The van der Waals surface area contributed by atoms with Crippen LogP contribution in [0.3, 0.4) is 0 Å². The van der Waals surface area contributed by atoms with Crippen molar-refractivity contribution in [1.82, 2.24) is 25.4 Å². The first kappa shape index (κ1) is 23.4. The SMILES string of the molecule is CN1CCN(C(=O)[C@H](CNC(=O)OC(C)(C)C)NC(=O)c2nc3c(s2)COCC3)CC1. The third kappa shape index (κ3) is 6.62. The Morgan fingerprint density at radius 2 is 1.94 bits per heavy atom. The van der Waals surface area contributed by atoms with Crippen molar-refractivity contribution in [2.24, 2.45) is 0 Å². The van der Waals surface area contributed by atoms with E-state index in [0.29, 0.717) is 37.7 Å². The quantitative estimate of drug-likeness (QED) is 0.672. The molecule has 3 rings (SSSR count). The van der Waals surface area contributed by atoms with Crippen LogP contribution in [0, 0.1) is 0 Å². The molecule has 31 heavy (non-hydrogen) atoms. The Morgan fingerprint density at radius 3 is 2.58 bits per heavy atom. The number of hydrogen-bond donors (Lipinski definition) is 2. The molecule has 0 saturated carbocycles. The van der Waals surface area contributed by atoms with Crippen molar-refractivity contribution in [2.45, 2.75) is 45.4 Å². The first-order valence-electron chi connectivity index (χ1n) is 10.4. The number of alkyl carbamates (subject to hydrolysis) is 1. The van der Waals surface area contributed by atoms with Crippen LogP contribution in [0.25, 0.3) is 0 Å². The van der Waals surface area contributed by atoms with Crippen LogP contribution < -0.4 is 10.6 Å². The van der Waals surface area contributed by atoms with Gasteiger partial charge >= 0.3 is 6.09 Å². The first-order valence-corrected chi connectivity index (χ1v) is 11.3. The van der Waals surface area contributed by atoms with E-state index in [1.54, 1.807) is 25.7 Å². The van der Waals surface area contributed by atoms with Gasteiger partial charge in [0.1, 0.15) is 11.6 Å². The predicted octanol–water partition coefficient (Wildman–Crippen LogP) is 0.613. The summed E-state index contributed by atoms with van der Waals surface area (Å²) < 4.78 is 10.7. The highest BCUT2D eigenvalue weighted by Crippen LogP contribution is 2.23. The minimum Gasteiger partial charge on any atom is -0.444 e. The van der Waals surface area contributed by atoms with Crippen molar-refractivity contribution < 1.29 is 23.9 Å². The molecule has 2 aliphatic heterocycles. The van der Waals surface area contributed by atoms with Crippen LogP contribution >= 0.6 is 11.3 Å². The molecule has 3 amide bonds. The molecule has 2 aliphatic rings. The van der Waals surface area contributed by atoms with Gasteiger partial charge in [-0.05, 0) is 27.8 Å². The largest absolute Gasteiger partial charge is 0.444 e. The van der Waals surface area contributed by atoms with Gasteiger partial charge in [-0.25, -0.2) is 9.78 Å². The van der Waals surface area contributed by atoms with E-state index in [4.69, 9.17) is 9.47 Å². The summed E-state index contributed by atoms with van der Waals surface area (Å²) in [5.41, 5.74) is 0.210. The summed E-state index contributed by atoms with van der Waals surface area (Å²) in [7, 11) is 2.00. The Kier molecular flexibility index (Phi) is 7.50. The Labute approximate surface area is 186 Å². The molecule has 172 valence electrons. The fourth-order valence-electron chi connectivity index (χ4n) is 3.29. The maximum atomic E-state index is 13.1. The third-order valence-electron chi connectivity index (χ3n) is 4.96. The highest BCUT2D eigenvalue weighted by Gasteiger charge is 2.30. The molecule has 0 spiro atoms. The number of hydrogen-bond acceptors (Lipinski definition) is 8. The van der Waals surface area contributed by atoms with Gasteiger partial charge in [0, 0.05) is 32.6 Å². The number of fused-ring (bicyclic) bond motifs is 1. The fraction of sp³-hybridized carbons (Fsp3) is 0.700. The first-order chi connectivity index (χ1) is 14.6. The van der Waals surface area contributed by atoms with Crippen LogP contribution in [0.1, 0.15) is 41.1 Å². The predicted molar refractivity (Wildman–Crippen MR) is 115 cm³/mol. The number of piperazine rings is 1. The third-order valence-corrected chi connectivity index (χ3v) is 6.03. The van der Waals surface area contributed by atoms with Crippen LogP contribution in [-0.2, 0) is 27.3 Å². The summed E-state index contributed by atoms with van der Waals surface area (Å²) in [5, 5.41) is 5.66. The number of carbonyl (C=O) groups is 3. The van der Waals surface area contributed by atoms with Gasteiger partial charge in [0.05, 0.1) is 30.3 Å². The number of nitrogens with one attached hydrogen (secondary N) is 2. The number of carbonyl (C=O) groups excluding carboxylic acids is 3.